The Morgan fingerprint density at radius 2 is 1.79 bits per heavy atom. The van der Waals surface area contributed by atoms with Gasteiger partial charge in [0, 0.05) is 10.9 Å². The number of ether oxygens (including phenoxy) is 3. The first-order valence-electron chi connectivity index (χ1n) is 10.3. The molecule has 0 aliphatic carbocycles. The van der Waals surface area contributed by atoms with Gasteiger partial charge in [-0.15, -0.1) is 0 Å². The van der Waals surface area contributed by atoms with Crippen LogP contribution in [0.25, 0.3) is 10.9 Å². The van der Waals surface area contributed by atoms with Crippen molar-refractivity contribution in [3.05, 3.63) is 95.7 Å². The molecule has 8 heteroatoms. The Morgan fingerprint density at radius 1 is 0.909 bits per heavy atom. The molecule has 0 saturated heterocycles. The Morgan fingerprint density at radius 3 is 2.61 bits per heavy atom. The van der Waals surface area contributed by atoms with E-state index in [1.165, 1.54) is 0 Å². The summed E-state index contributed by atoms with van der Waals surface area (Å²) >= 11 is 0. The SMILES string of the molecule is COc1ccc(/C(=N/N)NN)cc1OCc1cccc(OCc2ccc3ccccc3n2)c1. The first-order valence-corrected chi connectivity index (χ1v) is 10.3. The summed E-state index contributed by atoms with van der Waals surface area (Å²) in [6.45, 7) is 0.689. The van der Waals surface area contributed by atoms with E-state index in [-0.39, 0.29) is 0 Å². The van der Waals surface area contributed by atoms with Crippen molar-refractivity contribution in [2.75, 3.05) is 7.11 Å². The summed E-state index contributed by atoms with van der Waals surface area (Å²) < 4.78 is 17.4. The Bertz CT molecular complexity index is 1280. The number of benzene rings is 3. The molecule has 5 N–H and O–H groups in total. The highest BCUT2D eigenvalue weighted by molar-refractivity contribution is 5.98. The van der Waals surface area contributed by atoms with Gasteiger partial charge in [-0.3, -0.25) is 0 Å². The molecule has 0 saturated carbocycles. The Labute approximate surface area is 191 Å². The summed E-state index contributed by atoms with van der Waals surface area (Å²) in [5.41, 5.74) is 5.89. The van der Waals surface area contributed by atoms with Crippen LogP contribution in [0.15, 0.2) is 84.0 Å². The van der Waals surface area contributed by atoms with E-state index in [1.807, 2.05) is 60.7 Å². The van der Waals surface area contributed by atoms with Gasteiger partial charge in [0.1, 0.15) is 19.0 Å². The molecule has 33 heavy (non-hydrogen) atoms. The molecule has 0 aliphatic heterocycles. The summed E-state index contributed by atoms with van der Waals surface area (Å²) in [5.74, 6) is 13.0. The fourth-order valence-electron chi connectivity index (χ4n) is 3.36. The summed E-state index contributed by atoms with van der Waals surface area (Å²) in [7, 11) is 1.58. The maximum atomic E-state index is 6.00. The highest BCUT2D eigenvalue weighted by Gasteiger charge is 2.10. The van der Waals surface area contributed by atoms with E-state index in [9.17, 15) is 0 Å². The van der Waals surface area contributed by atoms with Crippen molar-refractivity contribution in [1.82, 2.24) is 10.4 Å². The van der Waals surface area contributed by atoms with Crippen LogP contribution in [0.5, 0.6) is 17.2 Å². The lowest BCUT2D eigenvalue weighted by atomic mass is 10.2. The maximum Gasteiger partial charge on any atom is 0.166 e. The standard InChI is InChI=1S/C25H25N5O3/c1-31-23-12-10-19(25(29-26)30-27)14-24(23)33-15-17-5-4-7-21(13-17)32-16-20-11-9-18-6-2-3-8-22(18)28-20/h2-14H,15-16,26-27H2,1H3,(H,29,30). The molecule has 0 unspecified atom stereocenters. The van der Waals surface area contributed by atoms with E-state index in [2.05, 4.69) is 15.5 Å². The van der Waals surface area contributed by atoms with Gasteiger partial charge in [0.05, 0.1) is 18.3 Å². The third kappa shape index (κ3) is 5.31. The molecule has 0 fully saturated rings. The number of fused-ring (bicyclic) bond motifs is 1. The second-order valence-electron chi connectivity index (χ2n) is 7.21. The number of aromatic nitrogens is 1. The van der Waals surface area contributed by atoms with E-state index < -0.39 is 0 Å². The van der Waals surface area contributed by atoms with E-state index >= 15 is 0 Å². The molecule has 8 nitrogen and oxygen atoms in total. The van der Waals surface area contributed by atoms with Crippen molar-refractivity contribution in [2.45, 2.75) is 13.2 Å². The number of nitrogens with zero attached hydrogens (tertiary/aromatic N) is 2. The van der Waals surface area contributed by atoms with Crippen LogP contribution in [0.4, 0.5) is 0 Å². The molecule has 168 valence electrons. The zero-order valence-corrected chi connectivity index (χ0v) is 18.2. The van der Waals surface area contributed by atoms with Gasteiger partial charge in [-0.25, -0.2) is 10.8 Å². The van der Waals surface area contributed by atoms with E-state index in [1.54, 1.807) is 25.3 Å². The summed E-state index contributed by atoms with van der Waals surface area (Å²) in [6, 6.07) is 25.1. The van der Waals surface area contributed by atoms with Gasteiger partial charge >= 0.3 is 0 Å². The fourth-order valence-corrected chi connectivity index (χ4v) is 3.36. The van der Waals surface area contributed by atoms with Crippen molar-refractivity contribution in [3.63, 3.8) is 0 Å². The Hall–Kier alpha value is -4.30. The molecule has 0 aliphatic rings. The normalized spacial score (nSPS) is 11.3. The average molecular weight is 444 g/mol. The van der Waals surface area contributed by atoms with E-state index in [0.29, 0.717) is 36.1 Å². The third-order valence-electron chi connectivity index (χ3n) is 5.04. The lowest BCUT2D eigenvalue weighted by Crippen LogP contribution is -2.32. The van der Waals surface area contributed by atoms with Gasteiger partial charge in [-0.2, -0.15) is 5.10 Å². The molecule has 0 amide bonds. The number of hydrogen-bond acceptors (Lipinski definition) is 7. The van der Waals surface area contributed by atoms with Crippen LogP contribution >= 0.6 is 0 Å². The molecular formula is C25H25N5O3. The molecule has 1 heterocycles. The van der Waals surface area contributed by atoms with E-state index in [0.717, 1.165) is 27.9 Å². The number of para-hydroxylation sites is 1. The average Bonchev–Trinajstić information content (AvgIpc) is 2.87. The number of pyridine rings is 1. The fraction of sp³-hybridized carbons (Fsp3) is 0.120. The number of nitrogens with two attached hydrogens (primary N) is 2. The molecule has 0 radical (unpaired) electrons. The highest BCUT2D eigenvalue weighted by Crippen LogP contribution is 2.29. The number of amidine groups is 1. The molecule has 0 atom stereocenters. The van der Waals surface area contributed by atoms with Crippen molar-refractivity contribution in [3.8, 4) is 17.2 Å². The lowest BCUT2D eigenvalue weighted by molar-refractivity contribution is 0.280. The Kier molecular flexibility index (Phi) is 6.87. The largest absolute Gasteiger partial charge is 0.493 e. The van der Waals surface area contributed by atoms with Crippen molar-refractivity contribution < 1.29 is 14.2 Å². The molecule has 4 aromatic rings. The molecule has 0 bridgehead atoms. The predicted octanol–water partition coefficient (Wildman–Crippen LogP) is 3.49. The second kappa shape index (κ2) is 10.3. The number of nitrogens with one attached hydrogen (secondary N) is 1. The highest BCUT2D eigenvalue weighted by atomic mass is 16.5. The third-order valence-corrected chi connectivity index (χ3v) is 5.04. The number of rotatable bonds is 8. The van der Waals surface area contributed by atoms with Gasteiger partial charge in [0.25, 0.3) is 0 Å². The molecular weight excluding hydrogens is 418 g/mol. The number of methoxy groups -OCH3 is 1. The number of hydrogen-bond donors (Lipinski definition) is 3. The van der Waals surface area contributed by atoms with Crippen LogP contribution in [0.1, 0.15) is 16.8 Å². The number of hydrazine groups is 1. The van der Waals surface area contributed by atoms with Gasteiger partial charge < -0.3 is 25.5 Å². The monoisotopic (exact) mass is 443 g/mol. The van der Waals surface area contributed by atoms with Crippen molar-refractivity contribution >= 4 is 16.7 Å². The minimum atomic E-state index is 0.316. The maximum absolute atomic E-state index is 6.00. The van der Waals surface area contributed by atoms with Gasteiger partial charge in [-0.1, -0.05) is 36.4 Å². The zero-order valence-electron chi connectivity index (χ0n) is 18.2. The first kappa shape index (κ1) is 21.9. The molecule has 0 spiro atoms. The number of hydrazone groups is 1. The van der Waals surface area contributed by atoms with Crippen molar-refractivity contribution in [2.24, 2.45) is 16.8 Å². The summed E-state index contributed by atoms with van der Waals surface area (Å²) in [6.07, 6.45) is 0. The topological polar surface area (TPSA) is 117 Å². The smallest absolute Gasteiger partial charge is 0.166 e. The zero-order chi connectivity index (χ0) is 23.0. The molecule has 3 aromatic carbocycles. The first-order chi connectivity index (χ1) is 16.2. The molecule has 1 aromatic heterocycles. The Balaban J connectivity index is 1.43. The van der Waals surface area contributed by atoms with Crippen LogP contribution in [-0.4, -0.2) is 17.9 Å². The van der Waals surface area contributed by atoms with Crippen LogP contribution in [0.3, 0.4) is 0 Å². The van der Waals surface area contributed by atoms with Crippen LogP contribution in [0.2, 0.25) is 0 Å². The predicted molar refractivity (Wildman–Crippen MR) is 128 cm³/mol. The summed E-state index contributed by atoms with van der Waals surface area (Å²) in [4.78, 5) is 4.65. The van der Waals surface area contributed by atoms with Crippen LogP contribution < -0.4 is 31.3 Å². The second-order valence-corrected chi connectivity index (χ2v) is 7.21. The minimum Gasteiger partial charge on any atom is -0.493 e. The van der Waals surface area contributed by atoms with Gasteiger partial charge in [0.2, 0.25) is 0 Å². The van der Waals surface area contributed by atoms with Gasteiger partial charge in [0.15, 0.2) is 17.3 Å². The van der Waals surface area contributed by atoms with Gasteiger partial charge in [-0.05, 0) is 48.0 Å². The lowest BCUT2D eigenvalue weighted by Gasteiger charge is -2.14. The van der Waals surface area contributed by atoms with Crippen LogP contribution in [0, 0.1) is 0 Å². The minimum absolute atomic E-state index is 0.316. The quantitative estimate of drug-likeness (QED) is 0.165. The summed E-state index contributed by atoms with van der Waals surface area (Å²) in [5, 5.41) is 4.73. The van der Waals surface area contributed by atoms with Crippen LogP contribution in [-0.2, 0) is 13.2 Å². The van der Waals surface area contributed by atoms with Crippen molar-refractivity contribution in [1.29, 1.82) is 0 Å². The van der Waals surface area contributed by atoms with E-state index in [4.69, 9.17) is 25.9 Å². The molecule has 4 rings (SSSR count).